The first-order valence-corrected chi connectivity index (χ1v) is 11.5. The predicted molar refractivity (Wildman–Crippen MR) is 130 cm³/mol. The highest BCUT2D eigenvalue weighted by Gasteiger charge is 2.35. The van der Waals surface area contributed by atoms with Crippen molar-refractivity contribution in [1.29, 1.82) is 0 Å². The molecule has 0 saturated carbocycles. The Morgan fingerprint density at radius 1 is 1.19 bits per heavy atom. The lowest BCUT2D eigenvalue weighted by Crippen LogP contribution is -2.46. The van der Waals surface area contributed by atoms with Gasteiger partial charge in [-0.25, -0.2) is 4.79 Å². The Kier molecular flexibility index (Phi) is 6.68. The standard InChI is InChI=1S/C27H36N2O3/c1-9-18-12-11-13-19(24(18)17(3)4)25-21-14-22(30)20(26(31)32-10-2)15-29(21)23(16-28(25)8)27(5,6)7/h11-15,23H,9-10,16H2,1-8H3/b25-19-. The molecule has 1 aliphatic rings. The van der Waals surface area contributed by atoms with Gasteiger partial charge in [0.1, 0.15) is 5.56 Å². The Labute approximate surface area is 191 Å². The zero-order valence-electron chi connectivity index (χ0n) is 20.7. The fraction of sp³-hybridized carbons (Fsp3) is 0.481. The number of hydrogen-bond donors (Lipinski definition) is 0. The second kappa shape index (κ2) is 8.97. The largest absolute Gasteiger partial charge is 0.462 e. The van der Waals surface area contributed by atoms with Gasteiger partial charge >= 0.3 is 5.97 Å². The lowest BCUT2D eigenvalue weighted by atomic mass is 9.84. The number of benzene rings is 1. The Bertz CT molecular complexity index is 1210. The normalized spacial score (nSPS) is 17.8. The number of ether oxygens (including phenoxy) is 1. The van der Waals surface area contributed by atoms with E-state index in [4.69, 9.17) is 4.74 Å². The Morgan fingerprint density at radius 3 is 2.44 bits per heavy atom. The zero-order chi connectivity index (χ0) is 23.8. The van der Waals surface area contributed by atoms with E-state index in [2.05, 4.69) is 76.3 Å². The molecular formula is C27H36N2O3. The number of aryl methyl sites for hydroxylation is 1. The molecular weight excluding hydrogens is 400 g/mol. The molecule has 0 aliphatic carbocycles. The average molecular weight is 437 g/mol. The van der Waals surface area contributed by atoms with Gasteiger partial charge in [-0.3, -0.25) is 4.79 Å². The average Bonchev–Trinajstić information content (AvgIpc) is 2.71. The topological polar surface area (TPSA) is 51.5 Å². The molecule has 0 N–H and O–H groups in total. The molecule has 0 spiro atoms. The lowest BCUT2D eigenvalue weighted by Gasteiger charge is -2.43. The minimum absolute atomic E-state index is 0.0730. The maximum Gasteiger partial charge on any atom is 0.343 e. The Balaban J connectivity index is 2.49. The molecule has 1 unspecified atom stereocenters. The number of esters is 1. The third-order valence-corrected chi connectivity index (χ3v) is 6.27. The van der Waals surface area contributed by atoms with Gasteiger partial charge in [-0.15, -0.1) is 0 Å². The van der Waals surface area contributed by atoms with Crippen molar-refractivity contribution in [2.24, 2.45) is 5.41 Å². The minimum Gasteiger partial charge on any atom is -0.462 e. The van der Waals surface area contributed by atoms with E-state index < -0.39 is 5.97 Å². The second-order valence-corrected chi connectivity index (χ2v) is 9.87. The summed E-state index contributed by atoms with van der Waals surface area (Å²) in [6.45, 7) is 15.8. The van der Waals surface area contributed by atoms with E-state index in [0.717, 1.165) is 29.6 Å². The van der Waals surface area contributed by atoms with Crippen molar-refractivity contribution >= 4 is 17.2 Å². The van der Waals surface area contributed by atoms with Crippen LogP contribution in [-0.4, -0.2) is 35.6 Å². The number of fused-ring (bicyclic) bond motifs is 1. The number of aromatic nitrogens is 1. The predicted octanol–water partition coefficient (Wildman–Crippen LogP) is 3.47. The van der Waals surface area contributed by atoms with E-state index in [1.54, 1.807) is 19.2 Å². The Morgan fingerprint density at radius 2 is 1.88 bits per heavy atom. The fourth-order valence-electron chi connectivity index (χ4n) is 4.71. The van der Waals surface area contributed by atoms with Crippen LogP contribution in [0, 0.1) is 5.41 Å². The van der Waals surface area contributed by atoms with Crippen LogP contribution in [0.2, 0.25) is 0 Å². The number of pyridine rings is 1. The summed E-state index contributed by atoms with van der Waals surface area (Å²) in [6, 6.07) is 8.10. The quantitative estimate of drug-likeness (QED) is 0.692. The van der Waals surface area contributed by atoms with Crippen molar-refractivity contribution in [3.63, 3.8) is 0 Å². The van der Waals surface area contributed by atoms with Gasteiger partial charge in [0.05, 0.1) is 24.0 Å². The molecule has 0 fully saturated rings. The van der Waals surface area contributed by atoms with Gasteiger partial charge in [0, 0.05) is 31.1 Å². The molecule has 1 atom stereocenters. The summed E-state index contributed by atoms with van der Waals surface area (Å²) in [5.74, 6) is -0.563. The van der Waals surface area contributed by atoms with Gasteiger partial charge in [0.2, 0.25) is 0 Å². The lowest BCUT2D eigenvalue weighted by molar-refractivity contribution is 0.0522. The smallest absolute Gasteiger partial charge is 0.343 e. The molecule has 5 heteroatoms. The number of hydrogen-bond acceptors (Lipinski definition) is 4. The van der Waals surface area contributed by atoms with Crippen LogP contribution in [0.25, 0.3) is 11.3 Å². The summed E-state index contributed by atoms with van der Waals surface area (Å²) in [5.41, 5.74) is 4.11. The van der Waals surface area contributed by atoms with Crippen molar-refractivity contribution in [3.8, 4) is 0 Å². The first kappa shape index (κ1) is 23.8. The molecule has 32 heavy (non-hydrogen) atoms. The van der Waals surface area contributed by atoms with E-state index in [1.807, 2.05) is 0 Å². The molecule has 0 amide bonds. The molecule has 2 heterocycles. The molecule has 3 rings (SSSR count). The van der Waals surface area contributed by atoms with E-state index in [-0.39, 0.29) is 29.1 Å². The van der Waals surface area contributed by atoms with Crippen LogP contribution in [0.5, 0.6) is 0 Å². The fourth-order valence-corrected chi connectivity index (χ4v) is 4.71. The van der Waals surface area contributed by atoms with Gasteiger partial charge in [0.15, 0.2) is 5.43 Å². The third-order valence-electron chi connectivity index (χ3n) is 6.27. The number of carbonyl (C=O) groups is 1. The highest BCUT2D eigenvalue weighted by molar-refractivity contribution is 5.89. The zero-order valence-corrected chi connectivity index (χ0v) is 20.7. The number of likely N-dealkylation sites (N-methyl/N-ethyl adjacent to an activating group) is 1. The number of carbonyl (C=O) groups excluding carboxylic acids is 1. The van der Waals surface area contributed by atoms with Crippen molar-refractivity contribution in [2.45, 2.75) is 60.9 Å². The molecule has 0 saturated heterocycles. The van der Waals surface area contributed by atoms with Crippen molar-refractivity contribution in [2.75, 3.05) is 20.2 Å². The van der Waals surface area contributed by atoms with Crippen molar-refractivity contribution in [1.82, 2.24) is 9.47 Å². The van der Waals surface area contributed by atoms with E-state index in [9.17, 15) is 9.59 Å². The summed E-state index contributed by atoms with van der Waals surface area (Å²) < 4.78 is 7.28. The molecule has 5 nitrogen and oxygen atoms in total. The first-order chi connectivity index (χ1) is 15.0. The molecule has 0 radical (unpaired) electrons. The van der Waals surface area contributed by atoms with Crippen LogP contribution in [0.1, 0.15) is 76.1 Å². The number of rotatable bonds is 3. The van der Waals surface area contributed by atoms with Crippen molar-refractivity contribution in [3.05, 3.63) is 67.9 Å². The maximum absolute atomic E-state index is 13.0. The molecule has 1 aromatic carbocycles. The third kappa shape index (κ3) is 4.25. The molecule has 1 aliphatic heterocycles. The van der Waals surface area contributed by atoms with Crippen LogP contribution in [0.3, 0.4) is 0 Å². The van der Waals surface area contributed by atoms with Crippen molar-refractivity contribution < 1.29 is 9.53 Å². The summed E-state index contributed by atoms with van der Waals surface area (Å²) >= 11 is 0. The minimum atomic E-state index is -0.563. The van der Waals surface area contributed by atoms with Crippen LogP contribution in [0.4, 0.5) is 0 Å². The Hall–Kier alpha value is -2.82. The SMILES string of the molecule is CCOC(=O)c1cn2c(cc1=O)/C(=c1\cccc(CC)c1=C(C)C)N(C)CC2C(C)(C)C. The van der Waals surface area contributed by atoms with E-state index in [1.165, 1.54) is 16.4 Å². The van der Waals surface area contributed by atoms with Gasteiger partial charge < -0.3 is 14.2 Å². The van der Waals surface area contributed by atoms with Gasteiger partial charge in [-0.05, 0) is 43.4 Å². The maximum atomic E-state index is 13.0. The summed E-state index contributed by atoms with van der Waals surface area (Å²) in [6.07, 6.45) is 2.65. The first-order valence-electron chi connectivity index (χ1n) is 11.5. The number of nitrogens with zero attached hydrogens (tertiary/aromatic N) is 2. The summed E-state index contributed by atoms with van der Waals surface area (Å²) in [7, 11) is 2.09. The van der Waals surface area contributed by atoms with Crippen LogP contribution in [-0.2, 0) is 11.2 Å². The molecule has 2 aromatic rings. The monoisotopic (exact) mass is 436 g/mol. The summed E-state index contributed by atoms with van der Waals surface area (Å²) in [5, 5.41) is 2.36. The van der Waals surface area contributed by atoms with Gasteiger partial charge in [-0.2, -0.15) is 0 Å². The summed E-state index contributed by atoms with van der Waals surface area (Å²) in [4.78, 5) is 27.8. The van der Waals surface area contributed by atoms with E-state index in [0.29, 0.717) is 0 Å². The van der Waals surface area contributed by atoms with E-state index >= 15 is 0 Å². The van der Waals surface area contributed by atoms with Crippen LogP contribution < -0.4 is 15.9 Å². The molecule has 172 valence electrons. The highest BCUT2D eigenvalue weighted by Crippen LogP contribution is 2.37. The second-order valence-electron chi connectivity index (χ2n) is 9.87. The highest BCUT2D eigenvalue weighted by atomic mass is 16.5. The van der Waals surface area contributed by atoms with Gasteiger partial charge in [-0.1, -0.05) is 51.5 Å². The van der Waals surface area contributed by atoms with Crippen LogP contribution in [0.15, 0.2) is 35.3 Å². The van der Waals surface area contributed by atoms with Crippen LogP contribution >= 0.6 is 0 Å². The molecule has 1 aromatic heterocycles. The van der Waals surface area contributed by atoms with Gasteiger partial charge in [0.25, 0.3) is 0 Å². The molecule has 0 bridgehead atoms.